The number of ether oxygens (including phenoxy) is 3. The van der Waals surface area contributed by atoms with E-state index in [4.69, 9.17) is 18.7 Å². The van der Waals surface area contributed by atoms with Crippen molar-refractivity contribution in [3.63, 3.8) is 0 Å². The molecule has 0 spiro atoms. The van der Waals surface area contributed by atoms with E-state index in [0.29, 0.717) is 18.1 Å². The van der Waals surface area contributed by atoms with Crippen LogP contribution in [0.4, 0.5) is 4.39 Å². The molecule has 1 aromatic heterocycles. The lowest BCUT2D eigenvalue weighted by molar-refractivity contribution is -0.143. The molecule has 0 saturated carbocycles. The van der Waals surface area contributed by atoms with Gasteiger partial charge >= 0.3 is 5.97 Å². The third-order valence-corrected chi connectivity index (χ3v) is 4.26. The Labute approximate surface area is 168 Å². The minimum absolute atomic E-state index is 0.120. The largest absolute Gasteiger partial charge is 0.490 e. The van der Waals surface area contributed by atoms with Crippen molar-refractivity contribution in [3.8, 4) is 11.5 Å². The standard InChI is InChI=1S/C22H22FNO5/c1-15-21(16(2)29-24-15)14-28-20-7-3-17(4-8-20)13-22(25)27-12-11-26-19-9-5-18(23)6-10-19/h3-10H,11-14H2,1-2H3. The van der Waals surface area contributed by atoms with Crippen molar-refractivity contribution in [1.29, 1.82) is 0 Å². The highest BCUT2D eigenvalue weighted by Crippen LogP contribution is 2.18. The quantitative estimate of drug-likeness (QED) is 0.397. The topological polar surface area (TPSA) is 70.8 Å². The van der Waals surface area contributed by atoms with Gasteiger partial charge in [0.2, 0.25) is 0 Å². The molecule has 3 aromatic rings. The van der Waals surface area contributed by atoms with Gasteiger partial charge in [0.1, 0.15) is 42.9 Å². The maximum absolute atomic E-state index is 12.8. The highest BCUT2D eigenvalue weighted by atomic mass is 19.1. The molecule has 6 nitrogen and oxygen atoms in total. The molecule has 1 heterocycles. The molecule has 0 bridgehead atoms. The van der Waals surface area contributed by atoms with Crippen LogP contribution in [0.2, 0.25) is 0 Å². The predicted molar refractivity (Wildman–Crippen MR) is 103 cm³/mol. The number of hydrogen-bond donors (Lipinski definition) is 0. The van der Waals surface area contributed by atoms with Gasteiger partial charge in [0.25, 0.3) is 0 Å². The van der Waals surface area contributed by atoms with E-state index in [0.717, 1.165) is 22.6 Å². The van der Waals surface area contributed by atoms with E-state index in [1.165, 1.54) is 24.3 Å². The van der Waals surface area contributed by atoms with Crippen molar-refractivity contribution in [1.82, 2.24) is 5.16 Å². The first kappa shape index (κ1) is 20.4. The summed E-state index contributed by atoms with van der Waals surface area (Å²) in [5.41, 5.74) is 2.56. The van der Waals surface area contributed by atoms with Crippen LogP contribution in [0, 0.1) is 19.7 Å². The van der Waals surface area contributed by atoms with Crippen molar-refractivity contribution in [2.24, 2.45) is 0 Å². The number of esters is 1. The van der Waals surface area contributed by atoms with Crippen molar-refractivity contribution in [2.45, 2.75) is 26.9 Å². The van der Waals surface area contributed by atoms with Crippen LogP contribution >= 0.6 is 0 Å². The second kappa shape index (κ2) is 9.73. The maximum Gasteiger partial charge on any atom is 0.310 e. The molecule has 2 aromatic carbocycles. The zero-order valence-corrected chi connectivity index (χ0v) is 16.3. The second-order valence-corrected chi connectivity index (χ2v) is 6.43. The number of hydrogen-bond acceptors (Lipinski definition) is 6. The Morgan fingerprint density at radius 3 is 2.28 bits per heavy atom. The fourth-order valence-electron chi connectivity index (χ4n) is 2.63. The first-order chi connectivity index (χ1) is 14.0. The molecule has 0 saturated heterocycles. The minimum atomic E-state index is -0.350. The number of aryl methyl sites for hydroxylation is 2. The number of halogens is 1. The van der Waals surface area contributed by atoms with Crippen molar-refractivity contribution < 1.29 is 27.9 Å². The summed E-state index contributed by atoms with van der Waals surface area (Å²) in [4.78, 5) is 11.9. The highest BCUT2D eigenvalue weighted by molar-refractivity contribution is 5.72. The summed E-state index contributed by atoms with van der Waals surface area (Å²) in [5.74, 6) is 1.27. The van der Waals surface area contributed by atoms with Crippen LogP contribution < -0.4 is 9.47 Å². The van der Waals surface area contributed by atoms with Crippen LogP contribution in [-0.4, -0.2) is 24.3 Å². The summed E-state index contributed by atoms with van der Waals surface area (Å²) in [5, 5.41) is 3.90. The van der Waals surface area contributed by atoms with Crippen LogP contribution in [0.5, 0.6) is 11.5 Å². The van der Waals surface area contributed by atoms with Crippen LogP contribution in [0.3, 0.4) is 0 Å². The molecule has 0 amide bonds. The Hall–Kier alpha value is -3.35. The number of nitrogens with zero attached hydrogens (tertiary/aromatic N) is 1. The lowest BCUT2D eigenvalue weighted by Gasteiger charge is -2.08. The molecule has 0 atom stereocenters. The lowest BCUT2D eigenvalue weighted by Crippen LogP contribution is -2.14. The van der Waals surface area contributed by atoms with Crippen molar-refractivity contribution in [3.05, 3.63) is 76.9 Å². The van der Waals surface area contributed by atoms with Gasteiger partial charge in [-0.15, -0.1) is 0 Å². The Morgan fingerprint density at radius 2 is 1.62 bits per heavy atom. The van der Waals surface area contributed by atoms with Gasteiger partial charge in [-0.3, -0.25) is 4.79 Å². The molecule has 0 fully saturated rings. The zero-order valence-electron chi connectivity index (χ0n) is 16.3. The first-order valence-electron chi connectivity index (χ1n) is 9.19. The molecule has 3 rings (SSSR count). The Kier molecular flexibility index (Phi) is 6.84. The first-order valence-corrected chi connectivity index (χ1v) is 9.19. The second-order valence-electron chi connectivity index (χ2n) is 6.43. The molecule has 29 heavy (non-hydrogen) atoms. The summed E-state index contributed by atoms with van der Waals surface area (Å²) in [6.45, 7) is 4.41. The molecule has 7 heteroatoms. The SMILES string of the molecule is Cc1noc(C)c1COc1ccc(CC(=O)OCCOc2ccc(F)cc2)cc1. The summed E-state index contributed by atoms with van der Waals surface area (Å²) in [6, 6.07) is 12.9. The van der Waals surface area contributed by atoms with Gasteiger partial charge < -0.3 is 18.7 Å². The molecule has 0 unspecified atom stereocenters. The highest BCUT2D eigenvalue weighted by Gasteiger charge is 2.10. The summed E-state index contributed by atoms with van der Waals surface area (Å²) in [7, 11) is 0. The molecular weight excluding hydrogens is 377 g/mol. The third kappa shape index (κ3) is 6.07. The Balaban J connectivity index is 1.38. The van der Waals surface area contributed by atoms with E-state index < -0.39 is 0 Å². The van der Waals surface area contributed by atoms with Gasteiger partial charge in [0, 0.05) is 0 Å². The number of benzene rings is 2. The van der Waals surface area contributed by atoms with Gasteiger partial charge in [-0.05, 0) is 55.8 Å². The molecular formula is C22H22FNO5. The van der Waals surface area contributed by atoms with Crippen LogP contribution in [0.1, 0.15) is 22.6 Å². The number of carbonyl (C=O) groups is 1. The fraction of sp³-hybridized carbons (Fsp3) is 0.273. The van der Waals surface area contributed by atoms with Crippen LogP contribution in [0.25, 0.3) is 0 Å². The van der Waals surface area contributed by atoms with Gasteiger partial charge in [-0.25, -0.2) is 4.39 Å². The number of aromatic nitrogens is 1. The summed E-state index contributed by atoms with van der Waals surface area (Å²) >= 11 is 0. The van der Waals surface area contributed by atoms with Gasteiger partial charge in [-0.1, -0.05) is 17.3 Å². The Morgan fingerprint density at radius 1 is 0.966 bits per heavy atom. The van der Waals surface area contributed by atoms with Crippen LogP contribution in [-0.2, 0) is 22.6 Å². The lowest BCUT2D eigenvalue weighted by atomic mass is 10.1. The normalized spacial score (nSPS) is 10.6. The number of rotatable bonds is 9. The summed E-state index contributed by atoms with van der Waals surface area (Å²) < 4.78 is 34.2. The van der Waals surface area contributed by atoms with Crippen LogP contribution in [0.15, 0.2) is 53.1 Å². The zero-order chi connectivity index (χ0) is 20.6. The van der Waals surface area contributed by atoms with E-state index in [2.05, 4.69) is 5.16 Å². The average Bonchev–Trinajstić information content (AvgIpc) is 3.04. The van der Waals surface area contributed by atoms with E-state index >= 15 is 0 Å². The monoisotopic (exact) mass is 399 g/mol. The molecule has 0 N–H and O–H groups in total. The van der Waals surface area contributed by atoms with Crippen molar-refractivity contribution in [2.75, 3.05) is 13.2 Å². The smallest absolute Gasteiger partial charge is 0.310 e. The molecule has 152 valence electrons. The third-order valence-electron chi connectivity index (χ3n) is 4.26. The fourth-order valence-corrected chi connectivity index (χ4v) is 2.63. The van der Waals surface area contributed by atoms with Gasteiger partial charge in [-0.2, -0.15) is 0 Å². The molecule has 0 aliphatic rings. The molecule has 0 radical (unpaired) electrons. The predicted octanol–water partition coefficient (Wildman–Crippen LogP) is 4.17. The Bertz CT molecular complexity index is 915. The molecule has 0 aliphatic carbocycles. The van der Waals surface area contributed by atoms with E-state index in [-0.39, 0.29) is 31.4 Å². The number of carbonyl (C=O) groups excluding carboxylic acids is 1. The van der Waals surface area contributed by atoms with Gasteiger partial charge in [0.15, 0.2) is 0 Å². The van der Waals surface area contributed by atoms with Gasteiger partial charge in [0.05, 0.1) is 17.7 Å². The van der Waals surface area contributed by atoms with E-state index in [1.807, 2.05) is 26.0 Å². The molecule has 0 aliphatic heterocycles. The summed E-state index contributed by atoms with van der Waals surface area (Å²) in [6.07, 6.45) is 0.153. The van der Waals surface area contributed by atoms with E-state index in [9.17, 15) is 9.18 Å². The average molecular weight is 399 g/mol. The minimum Gasteiger partial charge on any atom is -0.490 e. The maximum atomic E-state index is 12.8. The van der Waals surface area contributed by atoms with E-state index in [1.54, 1.807) is 12.1 Å². The van der Waals surface area contributed by atoms with Crippen molar-refractivity contribution >= 4 is 5.97 Å².